The second-order valence-corrected chi connectivity index (χ2v) is 6.71. The molecule has 0 bridgehead atoms. The SMILES string of the molecule is Cc1ccc2[nH]c(-c3nc(-c4ccc5cnn(C)c5c4)no3)c(Cl)c2c1. The van der Waals surface area contributed by atoms with Crippen LogP contribution in [0.5, 0.6) is 0 Å². The van der Waals surface area contributed by atoms with Gasteiger partial charge in [-0.3, -0.25) is 4.68 Å². The van der Waals surface area contributed by atoms with E-state index in [-0.39, 0.29) is 0 Å². The van der Waals surface area contributed by atoms with E-state index in [0.717, 1.165) is 32.9 Å². The van der Waals surface area contributed by atoms with E-state index in [9.17, 15) is 0 Å². The highest BCUT2D eigenvalue weighted by molar-refractivity contribution is 6.38. The van der Waals surface area contributed by atoms with E-state index >= 15 is 0 Å². The number of hydrogen-bond acceptors (Lipinski definition) is 4. The van der Waals surface area contributed by atoms with E-state index in [1.807, 2.05) is 61.2 Å². The number of aromatic nitrogens is 5. The topological polar surface area (TPSA) is 72.5 Å². The lowest BCUT2D eigenvalue weighted by atomic mass is 10.1. The molecule has 0 radical (unpaired) electrons. The highest BCUT2D eigenvalue weighted by Gasteiger charge is 2.18. The Morgan fingerprint density at radius 1 is 1.15 bits per heavy atom. The van der Waals surface area contributed by atoms with E-state index < -0.39 is 0 Å². The van der Waals surface area contributed by atoms with Gasteiger partial charge < -0.3 is 9.51 Å². The van der Waals surface area contributed by atoms with E-state index in [1.54, 1.807) is 0 Å². The minimum atomic E-state index is 0.365. The zero-order valence-corrected chi connectivity index (χ0v) is 14.9. The summed E-state index contributed by atoms with van der Waals surface area (Å²) in [5.74, 6) is 0.873. The van der Waals surface area contributed by atoms with Crippen LogP contribution in [0.15, 0.2) is 47.1 Å². The predicted molar refractivity (Wildman–Crippen MR) is 101 cm³/mol. The molecule has 0 aliphatic heterocycles. The molecule has 0 atom stereocenters. The average molecular weight is 364 g/mol. The number of fused-ring (bicyclic) bond motifs is 2. The van der Waals surface area contributed by atoms with Gasteiger partial charge in [-0.2, -0.15) is 10.1 Å². The summed E-state index contributed by atoms with van der Waals surface area (Å²) in [5.41, 5.74) is 4.58. The van der Waals surface area contributed by atoms with Gasteiger partial charge in [-0.15, -0.1) is 0 Å². The van der Waals surface area contributed by atoms with Crippen molar-refractivity contribution >= 4 is 33.4 Å². The van der Waals surface area contributed by atoms with Crippen LogP contribution in [0.25, 0.3) is 44.8 Å². The molecule has 0 unspecified atom stereocenters. The molecule has 0 amide bonds. The molecule has 0 spiro atoms. The third kappa shape index (κ3) is 2.23. The third-order valence-corrected chi connectivity index (χ3v) is 4.93. The Morgan fingerprint density at radius 3 is 2.92 bits per heavy atom. The second kappa shape index (κ2) is 5.44. The molecule has 1 N–H and O–H groups in total. The lowest BCUT2D eigenvalue weighted by molar-refractivity contribution is 0.431. The number of rotatable bonds is 2. The van der Waals surface area contributed by atoms with Gasteiger partial charge in [-0.25, -0.2) is 0 Å². The minimum absolute atomic E-state index is 0.365. The third-order valence-electron chi connectivity index (χ3n) is 4.54. The van der Waals surface area contributed by atoms with E-state index in [4.69, 9.17) is 16.1 Å². The second-order valence-electron chi connectivity index (χ2n) is 6.33. The molecule has 128 valence electrons. The molecule has 0 fully saturated rings. The van der Waals surface area contributed by atoms with Crippen molar-refractivity contribution in [3.8, 4) is 23.0 Å². The molecule has 0 aliphatic carbocycles. The van der Waals surface area contributed by atoms with Gasteiger partial charge >= 0.3 is 0 Å². The van der Waals surface area contributed by atoms with Crippen LogP contribution in [-0.2, 0) is 7.05 Å². The largest absolute Gasteiger partial charge is 0.349 e. The van der Waals surface area contributed by atoms with Crippen molar-refractivity contribution in [3.63, 3.8) is 0 Å². The van der Waals surface area contributed by atoms with Crippen LogP contribution in [0.2, 0.25) is 5.02 Å². The van der Waals surface area contributed by atoms with Gasteiger partial charge in [-0.05, 0) is 25.1 Å². The standard InChI is InChI=1S/C19H14ClN5O/c1-10-3-6-14-13(7-10)16(20)17(22-14)19-23-18(24-26-19)11-4-5-12-9-21-25(2)15(12)8-11/h3-9,22H,1-2H3. The fourth-order valence-electron chi connectivity index (χ4n) is 3.15. The van der Waals surface area contributed by atoms with Crippen LogP contribution in [0.3, 0.4) is 0 Å². The van der Waals surface area contributed by atoms with Crippen molar-refractivity contribution in [1.29, 1.82) is 0 Å². The van der Waals surface area contributed by atoms with Crippen molar-refractivity contribution in [2.24, 2.45) is 7.05 Å². The average Bonchev–Trinajstić information content (AvgIpc) is 3.34. The van der Waals surface area contributed by atoms with Gasteiger partial charge in [0.15, 0.2) is 0 Å². The highest BCUT2D eigenvalue weighted by atomic mass is 35.5. The van der Waals surface area contributed by atoms with E-state index in [0.29, 0.717) is 22.4 Å². The number of H-pyrrole nitrogens is 1. The molecule has 0 saturated carbocycles. The summed E-state index contributed by atoms with van der Waals surface area (Å²) in [4.78, 5) is 7.79. The van der Waals surface area contributed by atoms with Crippen molar-refractivity contribution in [2.45, 2.75) is 6.92 Å². The van der Waals surface area contributed by atoms with E-state index in [2.05, 4.69) is 20.2 Å². The van der Waals surface area contributed by atoms with Crippen LogP contribution in [0.4, 0.5) is 0 Å². The normalized spacial score (nSPS) is 11.7. The molecule has 6 nitrogen and oxygen atoms in total. The summed E-state index contributed by atoms with van der Waals surface area (Å²) in [6, 6.07) is 12.0. The fraction of sp³-hybridized carbons (Fsp3) is 0.105. The molecular formula is C19H14ClN5O. The van der Waals surface area contributed by atoms with Crippen LogP contribution in [0.1, 0.15) is 5.56 Å². The monoisotopic (exact) mass is 363 g/mol. The lowest BCUT2D eigenvalue weighted by Gasteiger charge is -1.97. The number of aromatic amines is 1. The van der Waals surface area contributed by atoms with Crippen molar-refractivity contribution in [1.82, 2.24) is 24.9 Å². The van der Waals surface area contributed by atoms with Gasteiger partial charge in [0.2, 0.25) is 5.82 Å². The first kappa shape index (κ1) is 15.2. The van der Waals surface area contributed by atoms with Crippen LogP contribution < -0.4 is 0 Å². The summed E-state index contributed by atoms with van der Waals surface area (Å²) >= 11 is 6.53. The van der Waals surface area contributed by atoms with Crippen molar-refractivity contribution < 1.29 is 4.52 Å². The van der Waals surface area contributed by atoms with Gasteiger partial charge in [0, 0.05) is 28.9 Å². The molecule has 7 heteroatoms. The Kier molecular flexibility index (Phi) is 3.17. The number of nitrogens with zero attached hydrogens (tertiary/aromatic N) is 4. The van der Waals surface area contributed by atoms with Crippen molar-refractivity contribution in [2.75, 3.05) is 0 Å². The zero-order valence-electron chi connectivity index (χ0n) is 14.1. The maximum atomic E-state index is 6.53. The maximum Gasteiger partial charge on any atom is 0.276 e. The fourth-order valence-corrected chi connectivity index (χ4v) is 3.43. The molecule has 3 heterocycles. The lowest BCUT2D eigenvalue weighted by Crippen LogP contribution is -1.89. The van der Waals surface area contributed by atoms with Crippen LogP contribution in [0, 0.1) is 6.92 Å². The van der Waals surface area contributed by atoms with Gasteiger partial charge in [-0.1, -0.05) is 40.5 Å². The molecular weight excluding hydrogens is 350 g/mol. The molecule has 5 aromatic rings. The Labute approximate surface area is 153 Å². The van der Waals surface area contributed by atoms with Gasteiger partial charge in [0.05, 0.1) is 16.7 Å². The quantitative estimate of drug-likeness (QED) is 0.492. The summed E-state index contributed by atoms with van der Waals surface area (Å²) < 4.78 is 7.29. The Morgan fingerprint density at radius 2 is 2.04 bits per heavy atom. The number of nitrogens with one attached hydrogen (secondary N) is 1. The molecule has 26 heavy (non-hydrogen) atoms. The Hall–Kier alpha value is -3.12. The summed E-state index contributed by atoms with van der Waals surface area (Å²) in [7, 11) is 1.90. The first-order valence-corrected chi connectivity index (χ1v) is 8.52. The molecule has 0 aliphatic rings. The predicted octanol–water partition coefficient (Wildman–Crippen LogP) is 4.73. The first-order valence-electron chi connectivity index (χ1n) is 8.14. The smallest absolute Gasteiger partial charge is 0.276 e. The number of halogens is 1. The Bertz CT molecular complexity index is 1280. The number of aryl methyl sites for hydroxylation is 2. The first-order chi connectivity index (χ1) is 12.6. The summed E-state index contributed by atoms with van der Waals surface area (Å²) in [6.45, 7) is 2.03. The summed E-state index contributed by atoms with van der Waals surface area (Å²) in [5, 5.41) is 11.0. The molecule has 3 aromatic heterocycles. The molecule has 0 saturated heterocycles. The number of benzene rings is 2. The van der Waals surface area contributed by atoms with Gasteiger partial charge in [0.25, 0.3) is 5.89 Å². The van der Waals surface area contributed by atoms with Crippen LogP contribution in [-0.4, -0.2) is 24.9 Å². The molecule has 5 rings (SSSR count). The Balaban J connectivity index is 1.61. The van der Waals surface area contributed by atoms with E-state index in [1.165, 1.54) is 0 Å². The van der Waals surface area contributed by atoms with Gasteiger partial charge in [0.1, 0.15) is 5.69 Å². The maximum absolute atomic E-state index is 6.53. The zero-order chi connectivity index (χ0) is 17.8. The number of hydrogen-bond donors (Lipinski definition) is 1. The summed E-state index contributed by atoms with van der Waals surface area (Å²) in [6.07, 6.45) is 1.83. The minimum Gasteiger partial charge on any atom is -0.349 e. The van der Waals surface area contributed by atoms with Crippen LogP contribution >= 0.6 is 11.6 Å². The van der Waals surface area contributed by atoms with Crippen molar-refractivity contribution in [3.05, 3.63) is 53.2 Å². The molecule has 2 aromatic carbocycles. The highest BCUT2D eigenvalue weighted by Crippen LogP contribution is 2.35.